The van der Waals surface area contributed by atoms with E-state index in [1.165, 1.54) is 0 Å². The van der Waals surface area contributed by atoms with Gasteiger partial charge >= 0.3 is 6.09 Å². The summed E-state index contributed by atoms with van der Waals surface area (Å²) >= 11 is 1.60. The molecule has 0 saturated carbocycles. The molecule has 6 heteroatoms. The lowest BCUT2D eigenvalue weighted by Gasteiger charge is -2.31. The van der Waals surface area contributed by atoms with E-state index in [9.17, 15) is 9.59 Å². The lowest BCUT2D eigenvalue weighted by Crippen LogP contribution is -2.43. The predicted octanol–water partition coefficient (Wildman–Crippen LogP) is 4.26. The van der Waals surface area contributed by atoms with Crippen LogP contribution in [0.4, 0.5) is 4.79 Å². The second-order valence-corrected chi connectivity index (χ2v) is 7.27. The topological polar surface area (TPSA) is 58.6 Å². The van der Waals surface area contributed by atoms with Gasteiger partial charge in [-0.3, -0.25) is 9.52 Å². The van der Waals surface area contributed by atoms with Crippen molar-refractivity contribution in [2.75, 3.05) is 19.7 Å². The molecule has 1 amide bonds. The van der Waals surface area contributed by atoms with Crippen molar-refractivity contribution in [2.45, 2.75) is 37.6 Å². The zero-order valence-electron chi connectivity index (χ0n) is 15.2. The van der Waals surface area contributed by atoms with Gasteiger partial charge in [0.25, 0.3) is 0 Å². The fraction of sp³-hybridized carbons (Fsp3) is 0.400. The summed E-state index contributed by atoms with van der Waals surface area (Å²) in [5.41, 5.74) is 0.757. The van der Waals surface area contributed by atoms with E-state index in [-0.39, 0.29) is 11.9 Å². The van der Waals surface area contributed by atoms with Crippen molar-refractivity contribution in [3.05, 3.63) is 42.0 Å². The SMILES string of the molecule is CCOC(=O)N1CCC(NSc2ccc(C(C)=O)c3ccccc23)CC1. The first-order chi connectivity index (χ1) is 12.6. The molecule has 0 radical (unpaired) electrons. The van der Waals surface area contributed by atoms with E-state index in [1.807, 2.05) is 37.3 Å². The van der Waals surface area contributed by atoms with E-state index in [0.29, 0.717) is 25.7 Å². The number of Topliss-reactive ketones (excluding diaryl/α,β-unsaturated/α-hetero) is 1. The Hall–Kier alpha value is -2.05. The minimum atomic E-state index is -0.218. The number of rotatable bonds is 5. The molecule has 3 rings (SSSR count). The number of ether oxygens (including phenoxy) is 1. The number of hydrogen-bond donors (Lipinski definition) is 1. The van der Waals surface area contributed by atoms with Gasteiger partial charge in [-0.1, -0.05) is 24.3 Å². The predicted molar refractivity (Wildman–Crippen MR) is 105 cm³/mol. The number of fused-ring (bicyclic) bond motifs is 1. The summed E-state index contributed by atoms with van der Waals surface area (Å²) in [6.07, 6.45) is 1.58. The number of nitrogens with zero attached hydrogens (tertiary/aromatic N) is 1. The molecule has 1 N–H and O–H groups in total. The second kappa shape index (κ2) is 8.56. The average Bonchev–Trinajstić information content (AvgIpc) is 2.66. The molecule has 0 unspecified atom stereocenters. The standard InChI is InChI=1S/C20H24N2O3S/c1-3-25-20(24)22-12-10-15(11-13-22)21-26-19-9-8-16(14(2)23)17-6-4-5-7-18(17)19/h4-9,15,21H,3,10-13H2,1-2H3. The molecule has 1 fully saturated rings. The Morgan fingerprint density at radius 1 is 1.15 bits per heavy atom. The third kappa shape index (κ3) is 4.19. The molecule has 0 atom stereocenters. The van der Waals surface area contributed by atoms with Crippen LogP contribution in [0.1, 0.15) is 37.0 Å². The molecule has 0 aliphatic carbocycles. The van der Waals surface area contributed by atoms with Gasteiger partial charge in [-0.15, -0.1) is 0 Å². The lowest BCUT2D eigenvalue weighted by molar-refractivity contribution is 0.0965. The van der Waals surface area contributed by atoms with Crippen LogP contribution >= 0.6 is 11.9 Å². The van der Waals surface area contributed by atoms with Crippen molar-refractivity contribution < 1.29 is 14.3 Å². The Labute approximate surface area is 158 Å². The van der Waals surface area contributed by atoms with Gasteiger partial charge in [0.05, 0.1) is 6.61 Å². The van der Waals surface area contributed by atoms with E-state index in [4.69, 9.17) is 4.74 Å². The fourth-order valence-corrected chi connectivity index (χ4v) is 4.16. The van der Waals surface area contributed by atoms with E-state index < -0.39 is 0 Å². The van der Waals surface area contributed by atoms with Gasteiger partial charge in [-0.05, 0) is 61.5 Å². The number of ketones is 1. The quantitative estimate of drug-likeness (QED) is 0.628. The molecule has 138 valence electrons. The first kappa shape index (κ1) is 18.7. The number of benzene rings is 2. The first-order valence-corrected chi connectivity index (χ1v) is 9.78. The molecule has 0 bridgehead atoms. The maximum absolute atomic E-state index is 11.8. The van der Waals surface area contributed by atoms with Gasteiger partial charge < -0.3 is 9.64 Å². The van der Waals surface area contributed by atoms with Crippen LogP contribution in [-0.4, -0.2) is 42.5 Å². The summed E-state index contributed by atoms with van der Waals surface area (Å²) in [6, 6.07) is 12.2. The van der Waals surface area contributed by atoms with Gasteiger partial charge in [0.15, 0.2) is 5.78 Å². The largest absolute Gasteiger partial charge is 0.450 e. The number of nitrogens with one attached hydrogen (secondary N) is 1. The number of amides is 1. The summed E-state index contributed by atoms with van der Waals surface area (Å²) in [5.74, 6) is 0.0806. The average molecular weight is 372 g/mol. The summed E-state index contributed by atoms with van der Waals surface area (Å²) in [6.45, 7) is 5.26. The van der Waals surface area contributed by atoms with Gasteiger partial charge in [-0.25, -0.2) is 4.79 Å². The summed E-state index contributed by atoms with van der Waals surface area (Å²) in [7, 11) is 0. The van der Waals surface area contributed by atoms with Crippen LogP contribution in [0.25, 0.3) is 10.8 Å². The van der Waals surface area contributed by atoms with Gasteiger partial charge in [0, 0.05) is 29.6 Å². The third-order valence-corrected chi connectivity index (χ3v) is 5.65. The maximum atomic E-state index is 11.8. The summed E-state index contributed by atoms with van der Waals surface area (Å²) in [5, 5.41) is 2.07. The molecule has 2 aromatic rings. The highest BCUT2D eigenvalue weighted by molar-refractivity contribution is 7.97. The number of carbonyl (C=O) groups is 2. The number of hydrogen-bond acceptors (Lipinski definition) is 5. The van der Waals surface area contributed by atoms with Crippen molar-refractivity contribution in [3.8, 4) is 0 Å². The smallest absolute Gasteiger partial charge is 0.409 e. The molecule has 1 aliphatic heterocycles. The Morgan fingerprint density at radius 2 is 1.85 bits per heavy atom. The maximum Gasteiger partial charge on any atom is 0.409 e. The van der Waals surface area contributed by atoms with Crippen molar-refractivity contribution in [3.63, 3.8) is 0 Å². The van der Waals surface area contributed by atoms with Crippen LogP contribution in [0.3, 0.4) is 0 Å². The van der Waals surface area contributed by atoms with Crippen LogP contribution in [-0.2, 0) is 4.74 Å². The zero-order valence-corrected chi connectivity index (χ0v) is 16.0. The van der Waals surface area contributed by atoms with Gasteiger partial charge in [0.1, 0.15) is 0 Å². The zero-order chi connectivity index (χ0) is 18.5. The molecule has 26 heavy (non-hydrogen) atoms. The minimum Gasteiger partial charge on any atom is -0.450 e. The normalized spacial score (nSPS) is 15.2. The van der Waals surface area contributed by atoms with Crippen LogP contribution < -0.4 is 4.72 Å². The van der Waals surface area contributed by atoms with E-state index in [1.54, 1.807) is 23.8 Å². The van der Waals surface area contributed by atoms with Crippen molar-refractivity contribution in [1.82, 2.24) is 9.62 Å². The Morgan fingerprint density at radius 3 is 2.50 bits per heavy atom. The van der Waals surface area contributed by atoms with Gasteiger partial charge in [0.2, 0.25) is 0 Å². The van der Waals surface area contributed by atoms with Crippen molar-refractivity contribution in [1.29, 1.82) is 0 Å². The molecule has 1 heterocycles. The second-order valence-electron chi connectivity index (χ2n) is 6.39. The molecule has 1 saturated heterocycles. The van der Waals surface area contributed by atoms with E-state index in [2.05, 4.69) is 10.8 Å². The molecule has 1 aliphatic rings. The monoisotopic (exact) mass is 372 g/mol. The fourth-order valence-electron chi connectivity index (χ4n) is 3.21. The van der Waals surface area contributed by atoms with Crippen LogP contribution in [0.2, 0.25) is 0 Å². The highest BCUT2D eigenvalue weighted by atomic mass is 32.2. The molecular formula is C20H24N2O3S. The molecular weight excluding hydrogens is 348 g/mol. The number of piperidine rings is 1. The van der Waals surface area contributed by atoms with Crippen LogP contribution in [0.15, 0.2) is 41.3 Å². The van der Waals surface area contributed by atoms with Crippen LogP contribution in [0.5, 0.6) is 0 Å². The molecule has 2 aromatic carbocycles. The summed E-state index contributed by atoms with van der Waals surface area (Å²) < 4.78 is 8.58. The Bertz CT molecular complexity index is 801. The first-order valence-electron chi connectivity index (χ1n) is 8.97. The highest BCUT2D eigenvalue weighted by Gasteiger charge is 2.23. The molecule has 5 nitrogen and oxygen atoms in total. The highest BCUT2D eigenvalue weighted by Crippen LogP contribution is 2.30. The van der Waals surface area contributed by atoms with Crippen LogP contribution in [0, 0.1) is 0 Å². The molecule has 0 spiro atoms. The molecule has 0 aromatic heterocycles. The number of likely N-dealkylation sites (tertiary alicyclic amines) is 1. The summed E-state index contributed by atoms with van der Waals surface area (Å²) in [4.78, 5) is 26.5. The van der Waals surface area contributed by atoms with Crippen molar-refractivity contribution >= 4 is 34.6 Å². The Kier molecular flexibility index (Phi) is 6.16. The van der Waals surface area contributed by atoms with Crippen molar-refractivity contribution in [2.24, 2.45) is 0 Å². The van der Waals surface area contributed by atoms with E-state index >= 15 is 0 Å². The van der Waals surface area contributed by atoms with E-state index in [0.717, 1.165) is 34.1 Å². The Balaban J connectivity index is 1.64. The van der Waals surface area contributed by atoms with Gasteiger partial charge in [-0.2, -0.15) is 0 Å². The number of carbonyl (C=O) groups excluding carboxylic acids is 2. The third-order valence-electron chi connectivity index (χ3n) is 4.62. The lowest BCUT2D eigenvalue weighted by atomic mass is 10.0. The minimum absolute atomic E-state index is 0.0806.